The van der Waals surface area contributed by atoms with Crippen molar-refractivity contribution in [2.75, 3.05) is 13.2 Å². The number of nitrogens with zero attached hydrogens (tertiary/aromatic N) is 1. The van der Waals surface area contributed by atoms with E-state index in [9.17, 15) is 9.59 Å². The Morgan fingerprint density at radius 3 is 2.95 bits per heavy atom. The predicted molar refractivity (Wildman–Crippen MR) is 82.9 cm³/mol. The molecule has 0 aliphatic carbocycles. The fourth-order valence-electron chi connectivity index (χ4n) is 3.07. The van der Waals surface area contributed by atoms with Crippen LogP contribution in [0.3, 0.4) is 0 Å². The van der Waals surface area contributed by atoms with Gasteiger partial charge in [-0.15, -0.1) is 0 Å². The molecule has 0 bridgehead atoms. The van der Waals surface area contributed by atoms with Gasteiger partial charge in [-0.3, -0.25) is 9.59 Å². The van der Waals surface area contributed by atoms with E-state index in [4.69, 9.17) is 9.52 Å². The molecule has 1 fully saturated rings. The fourth-order valence-corrected chi connectivity index (χ4v) is 3.07. The lowest BCUT2D eigenvalue weighted by Gasteiger charge is -2.35. The van der Waals surface area contributed by atoms with Crippen molar-refractivity contribution < 1.29 is 14.3 Å². The lowest BCUT2D eigenvalue weighted by atomic mass is 9.99. The number of hydrogen-bond acceptors (Lipinski definition) is 4. The standard InChI is InChI=1S/C17H19NO4/c19-10-8-12-5-3-4-9-18(12)17(21)16-11-14(20)13-6-1-2-7-15(13)22-16/h1-2,6-7,11-12,19H,3-5,8-10H2. The maximum atomic E-state index is 12.7. The molecule has 1 aromatic heterocycles. The highest BCUT2D eigenvalue weighted by molar-refractivity contribution is 5.93. The number of amides is 1. The van der Waals surface area contributed by atoms with Crippen molar-refractivity contribution in [2.24, 2.45) is 0 Å². The number of aliphatic hydroxyl groups excluding tert-OH is 1. The van der Waals surface area contributed by atoms with Crippen molar-refractivity contribution in [1.29, 1.82) is 0 Å². The van der Waals surface area contributed by atoms with Crippen molar-refractivity contribution in [2.45, 2.75) is 31.7 Å². The number of benzene rings is 1. The molecule has 5 heteroatoms. The quantitative estimate of drug-likeness (QED) is 0.943. The summed E-state index contributed by atoms with van der Waals surface area (Å²) in [4.78, 5) is 26.5. The number of likely N-dealkylation sites (tertiary alicyclic amines) is 1. The van der Waals surface area contributed by atoms with Crippen LogP contribution in [0.5, 0.6) is 0 Å². The van der Waals surface area contributed by atoms with E-state index in [2.05, 4.69) is 0 Å². The van der Waals surface area contributed by atoms with E-state index in [-0.39, 0.29) is 29.7 Å². The van der Waals surface area contributed by atoms with Gasteiger partial charge in [0.05, 0.1) is 5.39 Å². The van der Waals surface area contributed by atoms with Crippen LogP contribution in [-0.2, 0) is 0 Å². The van der Waals surface area contributed by atoms with Crippen molar-refractivity contribution in [3.05, 3.63) is 46.3 Å². The van der Waals surface area contributed by atoms with Gasteiger partial charge in [0, 0.05) is 25.3 Å². The first-order valence-corrected chi connectivity index (χ1v) is 7.65. The van der Waals surface area contributed by atoms with Crippen LogP contribution in [0, 0.1) is 0 Å². The van der Waals surface area contributed by atoms with Gasteiger partial charge in [-0.2, -0.15) is 0 Å². The van der Waals surface area contributed by atoms with E-state index in [1.54, 1.807) is 29.2 Å². The molecule has 0 radical (unpaired) electrons. The van der Waals surface area contributed by atoms with Crippen LogP contribution in [0.25, 0.3) is 11.0 Å². The third-order valence-electron chi connectivity index (χ3n) is 4.20. The molecule has 1 aliphatic rings. The molecule has 1 atom stereocenters. The number of rotatable bonds is 3. The van der Waals surface area contributed by atoms with Crippen LogP contribution in [-0.4, -0.2) is 35.1 Å². The molecule has 1 aromatic carbocycles. The second-order valence-corrected chi connectivity index (χ2v) is 5.63. The highest BCUT2D eigenvalue weighted by Crippen LogP contribution is 2.22. The van der Waals surface area contributed by atoms with E-state index in [0.717, 1.165) is 19.3 Å². The summed E-state index contributed by atoms with van der Waals surface area (Å²) in [5, 5.41) is 9.64. The zero-order valence-corrected chi connectivity index (χ0v) is 12.3. The molecule has 0 saturated carbocycles. The largest absolute Gasteiger partial charge is 0.451 e. The highest BCUT2D eigenvalue weighted by atomic mass is 16.3. The molecule has 22 heavy (non-hydrogen) atoms. The Morgan fingerprint density at radius 2 is 2.14 bits per heavy atom. The third-order valence-corrected chi connectivity index (χ3v) is 4.20. The van der Waals surface area contributed by atoms with Gasteiger partial charge < -0.3 is 14.4 Å². The summed E-state index contributed by atoms with van der Waals surface area (Å²) < 4.78 is 5.63. The number of fused-ring (bicyclic) bond motifs is 1. The van der Waals surface area contributed by atoms with Gasteiger partial charge in [0.1, 0.15) is 5.58 Å². The SMILES string of the molecule is O=C(c1cc(=O)c2ccccc2o1)N1CCCCC1CCO. The first-order chi connectivity index (χ1) is 10.7. The summed E-state index contributed by atoms with van der Waals surface area (Å²) in [5.74, 6) is -0.186. The Labute approximate surface area is 128 Å². The molecule has 1 N–H and O–H groups in total. The number of aliphatic hydroxyl groups is 1. The Kier molecular flexibility index (Phi) is 4.24. The maximum absolute atomic E-state index is 12.7. The van der Waals surface area contributed by atoms with E-state index >= 15 is 0 Å². The summed E-state index contributed by atoms with van der Waals surface area (Å²) in [6.45, 7) is 0.691. The summed E-state index contributed by atoms with van der Waals surface area (Å²) in [5.41, 5.74) is 0.218. The van der Waals surface area contributed by atoms with Crippen LogP contribution in [0.2, 0.25) is 0 Å². The average Bonchev–Trinajstić information content (AvgIpc) is 2.55. The van der Waals surface area contributed by atoms with Gasteiger partial charge in [0.25, 0.3) is 5.91 Å². The Bertz CT molecular complexity index is 735. The number of carbonyl (C=O) groups excluding carboxylic acids is 1. The first-order valence-electron chi connectivity index (χ1n) is 7.65. The van der Waals surface area contributed by atoms with E-state index < -0.39 is 0 Å². The minimum Gasteiger partial charge on any atom is -0.451 e. The number of para-hydroxylation sites is 1. The van der Waals surface area contributed by atoms with Crippen LogP contribution in [0.1, 0.15) is 36.2 Å². The molecular weight excluding hydrogens is 282 g/mol. The zero-order valence-electron chi connectivity index (χ0n) is 12.3. The van der Waals surface area contributed by atoms with Crippen LogP contribution in [0.15, 0.2) is 39.5 Å². The van der Waals surface area contributed by atoms with Crippen LogP contribution >= 0.6 is 0 Å². The van der Waals surface area contributed by atoms with E-state index in [1.165, 1.54) is 6.07 Å². The molecule has 5 nitrogen and oxygen atoms in total. The number of hydrogen-bond donors (Lipinski definition) is 1. The zero-order chi connectivity index (χ0) is 15.5. The lowest BCUT2D eigenvalue weighted by molar-refractivity contribution is 0.0543. The third kappa shape index (κ3) is 2.76. The smallest absolute Gasteiger partial charge is 0.289 e. The summed E-state index contributed by atoms with van der Waals surface area (Å²) in [7, 11) is 0. The first kappa shape index (κ1) is 14.8. The van der Waals surface area contributed by atoms with Gasteiger partial charge in [-0.05, 0) is 37.8 Å². The second-order valence-electron chi connectivity index (χ2n) is 5.63. The Balaban J connectivity index is 1.95. The highest BCUT2D eigenvalue weighted by Gasteiger charge is 2.28. The Hall–Kier alpha value is -2.14. The van der Waals surface area contributed by atoms with Crippen LogP contribution in [0.4, 0.5) is 0 Å². The predicted octanol–water partition coefficient (Wildman–Crippen LogP) is 2.17. The van der Waals surface area contributed by atoms with Gasteiger partial charge in [0.2, 0.25) is 0 Å². The van der Waals surface area contributed by atoms with Gasteiger partial charge in [0.15, 0.2) is 11.2 Å². The van der Waals surface area contributed by atoms with E-state index in [1.807, 2.05) is 0 Å². The molecule has 2 heterocycles. The monoisotopic (exact) mass is 301 g/mol. The van der Waals surface area contributed by atoms with Gasteiger partial charge >= 0.3 is 0 Å². The van der Waals surface area contributed by atoms with Crippen molar-refractivity contribution in [3.63, 3.8) is 0 Å². The number of piperidine rings is 1. The molecule has 1 unspecified atom stereocenters. The topological polar surface area (TPSA) is 70.8 Å². The van der Waals surface area contributed by atoms with Crippen LogP contribution < -0.4 is 5.43 Å². The lowest BCUT2D eigenvalue weighted by Crippen LogP contribution is -2.44. The second kappa shape index (κ2) is 6.32. The minimum absolute atomic E-state index is 0.0167. The molecule has 0 spiro atoms. The Morgan fingerprint density at radius 1 is 1.32 bits per heavy atom. The molecular formula is C17H19NO4. The number of carbonyl (C=O) groups is 1. The van der Waals surface area contributed by atoms with Gasteiger partial charge in [-0.1, -0.05) is 12.1 Å². The fraction of sp³-hybridized carbons (Fsp3) is 0.412. The molecule has 3 rings (SSSR count). The van der Waals surface area contributed by atoms with Crippen molar-refractivity contribution >= 4 is 16.9 Å². The van der Waals surface area contributed by atoms with E-state index in [0.29, 0.717) is 23.9 Å². The summed E-state index contributed by atoms with van der Waals surface area (Å²) in [6.07, 6.45) is 3.43. The summed E-state index contributed by atoms with van der Waals surface area (Å²) in [6, 6.07) is 8.20. The summed E-state index contributed by atoms with van der Waals surface area (Å²) >= 11 is 0. The van der Waals surface area contributed by atoms with Gasteiger partial charge in [-0.25, -0.2) is 0 Å². The normalized spacial score (nSPS) is 18.6. The maximum Gasteiger partial charge on any atom is 0.289 e. The van der Waals surface area contributed by atoms with Crippen molar-refractivity contribution in [3.8, 4) is 0 Å². The molecule has 1 aliphatic heterocycles. The molecule has 1 saturated heterocycles. The molecule has 1 amide bonds. The molecule has 116 valence electrons. The average molecular weight is 301 g/mol. The minimum atomic E-state index is -0.263. The van der Waals surface area contributed by atoms with Crippen molar-refractivity contribution in [1.82, 2.24) is 4.90 Å². The molecule has 2 aromatic rings.